The Morgan fingerprint density at radius 1 is 0.952 bits per heavy atom. The molecule has 0 amide bonds. The molecule has 3 rings (SSSR count). The third-order valence-corrected chi connectivity index (χ3v) is 4.42. The number of ether oxygens (including phenoxy) is 1. The molecule has 2 aromatic carbocycles. The maximum Gasteiger partial charge on any atom is 0.119 e. The molecule has 0 aromatic heterocycles. The summed E-state index contributed by atoms with van der Waals surface area (Å²) in [6, 6.07) is 15.5. The van der Waals surface area contributed by atoms with Crippen LogP contribution in [0.5, 0.6) is 5.75 Å². The summed E-state index contributed by atoms with van der Waals surface area (Å²) in [5.74, 6) is 0.908. The van der Waals surface area contributed by atoms with Crippen molar-refractivity contribution in [2.45, 2.75) is 31.7 Å². The monoisotopic (exact) mass is 281 g/mol. The second-order valence-electron chi connectivity index (χ2n) is 5.73. The Labute approximate surface area is 127 Å². The number of methoxy groups -OCH3 is 1. The van der Waals surface area contributed by atoms with Crippen molar-refractivity contribution in [3.05, 3.63) is 64.7 Å². The van der Waals surface area contributed by atoms with Crippen LogP contribution in [0, 0.1) is 0 Å². The molecule has 1 N–H and O–H groups in total. The highest BCUT2D eigenvalue weighted by Crippen LogP contribution is 2.29. The summed E-state index contributed by atoms with van der Waals surface area (Å²) < 4.78 is 5.35. The lowest BCUT2D eigenvalue weighted by Crippen LogP contribution is -2.18. The van der Waals surface area contributed by atoms with E-state index in [0.717, 1.165) is 5.75 Å². The molecule has 21 heavy (non-hydrogen) atoms. The number of nitrogens with one attached hydrogen (secondary N) is 1. The third-order valence-electron chi connectivity index (χ3n) is 4.42. The van der Waals surface area contributed by atoms with Crippen LogP contribution in [0.1, 0.15) is 41.1 Å². The molecule has 1 unspecified atom stereocenters. The molecule has 0 heterocycles. The fraction of sp³-hybridized carbons (Fsp3) is 0.368. The molecule has 1 aliphatic rings. The zero-order valence-corrected chi connectivity index (χ0v) is 12.9. The molecule has 0 fully saturated rings. The van der Waals surface area contributed by atoms with Crippen molar-refractivity contribution in [2.24, 2.45) is 0 Å². The van der Waals surface area contributed by atoms with E-state index in [1.54, 1.807) is 7.11 Å². The van der Waals surface area contributed by atoms with Crippen molar-refractivity contribution in [3.8, 4) is 5.75 Å². The largest absolute Gasteiger partial charge is 0.497 e. The first-order chi connectivity index (χ1) is 10.3. The first-order valence-corrected chi connectivity index (χ1v) is 7.74. The van der Waals surface area contributed by atoms with Crippen LogP contribution in [0.2, 0.25) is 0 Å². The Morgan fingerprint density at radius 2 is 1.71 bits per heavy atom. The predicted octanol–water partition coefficient (Wildman–Crippen LogP) is 3.88. The molecule has 1 aliphatic carbocycles. The van der Waals surface area contributed by atoms with Crippen LogP contribution >= 0.6 is 0 Å². The third kappa shape index (κ3) is 2.96. The van der Waals surface area contributed by atoms with Gasteiger partial charge in [0.05, 0.1) is 13.2 Å². The van der Waals surface area contributed by atoms with Crippen LogP contribution in [0.15, 0.2) is 42.5 Å². The van der Waals surface area contributed by atoms with Crippen molar-refractivity contribution in [1.29, 1.82) is 0 Å². The summed E-state index contributed by atoms with van der Waals surface area (Å²) in [5.41, 5.74) is 5.64. The van der Waals surface area contributed by atoms with Gasteiger partial charge in [-0.25, -0.2) is 0 Å². The van der Waals surface area contributed by atoms with E-state index < -0.39 is 0 Å². The molecule has 0 aliphatic heterocycles. The molecular formula is C19H23NO. The first kappa shape index (κ1) is 14.2. The highest BCUT2D eigenvalue weighted by Gasteiger charge is 2.16. The number of fused-ring (bicyclic) bond motifs is 1. The van der Waals surface area contributed by atoms with Gasteiger partial charge >= 0.3 is 0 Å². The van der Waals surface area contributed by atoms with E-state index >= 15 is 0 Å². The standard InChI is InChI=1S/C19H23NO/c1-20-19(16-8-5-9-18(13-16)21-2)17-11-10-14-6-3-4-7-15(14)12-17/h5,8-13,19-20H,3-4,6-7H2,1-2H3. The van der Waals surface area contributed by atoms with E-state index in [1.165, 1.54) is 47.9 Å². The Balaban J connectivity index is 1.95. The summed E-state index contributed by atoms with van der Waals surface area (Å²) in [4.78, 5) is 0. The van der Waals surface area contributed by atoms with Gasteiger partial charge in [-0.05, 0) is 67.1 Å². The highest BCUT2D eigenvalue weighted by molar-refractivity contribution is 5.41. The Kier molecular flexibility index (Phi) is 4.26. The molecule has 0 saturated heterocycles. The summed E-state index contributed by atoms with van der Waals surface area (Å²) in [6.07, 6.45) is 5.11. The van der Waals surface area contributed by atoms with E-state index in [0.29, 0.717) is 0 Å². The first-order valence-electron chi connectivity index (χ1n) is 7.74. The quantitative estimate of drug-likeness (QED) is 0.918. The van der Waals surface area contributed by atoms with Gasteiger partial charge in [0, 0.05) is 0 Å². The second-order valence-corrected chi connectivity index (χ2v) is 5.73. The minimum Gasteiger partial charge on any atom is -0.497 e. The number of benzene rings is 2. The lowest BCUT2D eigenvalue weighted by molar-refractivity contribution is 0.414. The number of hydrogen-bond donors (Lipinski definition) is 1. The average molecular weight is 281 g/mol. The van der Waals surface area contributed by atoms with Crippen LogP contribution in [0.25, 0.3) is 0 Å². The number of rotatable bonds is 4. The van der Waals surface area contributed by atoms with Gasteiger partial charge in [0.25, 0.3) is 0 Å². The normalized spacial score (nSPS) is 15.3. The zero-order chi connectivity index (χ0) is 14.7. The molecule has 2 nitrogen and oxygen atoms in total. The summed E-state index contributed by atoms with van der Waals surface area (Å²) in [5, 5.41) is 3.44. The Bertz CT molecular complexity index is 621. The van der Waals surface area contributed by atoms with E-state index in [9.17, 15) is 0 Å². The van der Waals surface area contributed by atoms with Crippen molar-refractivity contribution in [1.82, 2.24) is 5.32 Å². The fourth-order valence-electron chi connectivity index (χ4n) is 3.28. The van der Waals surface area contributed by atoms with Gasteiger partial charge in [-0.2, -0.15) is 0 Å². The highest BCUT2D eigenvalue weighted by atomic mass is 16.5. The fourth-order valence-corrected chi connectivity index (χ4v) is 3.28. The second kappa shape index (κ2) is 6.31. The molecule has 0 bridgehead atoms. The van der Waals surface area contributed by atoms with Crippen LogP contribution in [0.4, 0.5) is 0 Å². The zero-order valence-electron chi connectivity index (χ0n) is 12.9. The topological polar surface area (TPSA) is 21.3 Å². The predicted molar refractivity (Wildman–Crippen MR) is 87.0 cm³/mol. The minimum atomic E-state index is 0.215. The maximum atomic E-state index is 5.35. The lowest BCUT2D eigenvalue weighted by atomic mass is 9.88. The maximum absolute atomic E-state index is 5.35. The molecule has 0 radical (unpaired) electrons. The smallest absolute Gasteiger partial charge is 0.119 e. The molecule has 1 atom stereocenters. The van der Waals surface area contributed by atoms with Crippen LogP contribution in [0.3, 0.4) is 0 Å². The molecule has 2 heteroatoms. The van der Waals surface area contributed by atoms with E-state index in [-0.39, 0.29) is 6.04 Å². The SMILES string of the molecule is CNC(c1cccc(OC)c1)c1ccc2c(c1)CCCC2. The van der Waals surface area contributed by atoms with Crippen molar-refractivity contribution in [2.75, 3.05) is 14.2 Å². The van der Waals surface area contributed by atoms with Crippen LogP contribution in [-0.2, 0) is 12.8 Å². The van der Waals surface area contributed by atoms with E-state index in [2.05, 4.69) is 41.7 Å². The Hall–Kier alpha value is -1.80. The number of aryl methyl sites for hydroxylation is 2. The van der Waals surface area contributed by atoms with Gasteiger partial charge in [0.1, 0.15) is 5.75 Å². The Morgan fingerprint density at radius 3 is 2.48 bits per heavy atom. The van der Waals surface area contributed by atoms with Crippen molar-refractivity contribution < 1.29 is 4.74 Å². The average Bonchev–Trinajstić information content (AvgIpc) is 2.56. The summed E-state index contributed by atoms with van der Waals surface area (Å²) in [6.45, 7) is 0. The molecule has 110 valence electrons. The van der Waals surface area contributed by atoms with Crippen LogP contribution < -0.4 is 10.1 Å². The minimum absolute atomic E-state index is 0.215. The van der Waals surface area contributed by atoms with Gasteiger partial charge in [0.2, 0.25) is 0 Å². The van der Waals surface area contributed by atoms with Gasteiger partial charge in [-0.15, -0.1) is 0 Å². The van der Waals surface area contributed by atoms with Gasteiger partial charge < -0.3 is 10.1 Å². The van der Waals surface area contributed by atoms with Gasteiger partial charge in [-0.3, -0.25) is 0 Å². The van der Waals surface area contributed by atoms with E-state index in [4.69, 9.17) is 4.74 Å². The molecule has 0 saturated carbocycles. The lowest BCUT2D eigenvalue weighted by Gasteiger charge is -2.22. The molecular weight excluding hydrogens is 258 g/mol. The van der Waals surface area contributed by atoms with Crippen molar-refractivity contribution >= 4 is 0 Å². The van der Waals surface area contributed by atoms with Gasteiger partial charge in [-0.1, -0.05) is 30.3 Å². The summed E-state index contributed by atoms with van der Waals surface area (Å²) in [7, 11) is 3.73. The van der Waals surface area contributed by atoms with Gasteiger partial charge in [0.15, 0.2) is 0 Å². The molecule has 0 spiro atoms. The van der Waals surface area contributed by atoms with E-state index in [1.807, 2.05) is 13.1 Å². The van der Waals surface area contributed by atoms with Crippen molar-refractivity contribution in [3.63, 3.8) is 0 Å². The van der Waals surface area contributed by atoms with Crippen LogP contribution in [-0.4, -0.2) is 14.2 Å². The molecule has 2 aromatic rings. The number of hydrogen-bond acceptors (Lipinski definition) is 2. The summed E-state index contributed by atoms with van der Waals surface area (Å²) >= 11 is 0.